The molecule has 4 rings (SSSR count). The molecular formula is C23H24N4O. The van der Waals surface area contributed by atoms with Gasteiger partial charge in [-0.15, -0.1) is 0 Å². The lowest BCUT2D eigenvalue weighted by atomic mass is 10.0. The maximum absolute atomic E-state index is 12.9. The summed E-state index contributed by atoms with van der Waals surface area (Å²) in [5.41, 5.74) is 4.67. The molecule has 2 heterocycles. The van der Waals surface area contributed by atoms with Gasteiger partial charge in [0.05, 0.1) is 0 Å². The maximum atomic E-state index is 12.9. The molecule has 3 aromatic rings. The molecule has 28 heavy (non-hydrogen) atoms. The van der Waals surface area contributed by atoms with Crippen molar-refractivity contribution in [3.05, 3.63) is 77.6 Å². The maximum Gasteiger partial charge on any atom is 0.274 e. The third kappa shape index (κ3) is 3.36. The number of nitrogens with zero attached hydrogens (tertiary/aromatic N) is 3. The van der Waals surface area contributed by atoms with Crippen LogP contribution in [-0.4, -0.2) is 21.9 Å². The van der Waals surface area contributed by atoms with Crippen molar-refractivity contribution in [2.45, 2.75) is 39.2 Å². The Balaban J connectivity index is 1.62. The first-order chi connectivity index (χ1) is 13.5. The minimum atomic E-state index is -0.225. The molecule has 5 nitrogen and oxygen atoms in total. The number of aromatic nitrogens is 2. The zero-order chi connectivity index (χ0) is 19.7. The third-order valence-corrected chi connectivity index (χ3v) is 5.13. The molecule has 0 bridgehead atoms. The number of hydrogen-bond donors (Lipinski definition) is 1. The highest BCUT2D eigenvalue weighted by Gasteiger charge is 2.29. The summed E-state index contributed by atoms with van der Waals surface area (Å²) >= 11 is 0. The van der Waals surface area contributed by atoms with Crippen molar-refractivity contribution in [1.82, 2.24) is 9.97 Å². The number of rotatable bonds is 4. The Hall–Kier alpha value is -3.21. The van der Waals surface area contributed by atoms with Crippen molar-refractivity contribution >= 4 is 23.2 Å². The van der Waals surface area contributed by atoms with Crippen LogP contribution in [0.15, 0.2) is 60.8 Å². The van der Waals surface area contributed by atoms with E-state index in [9.17, 15) is 4.79 Å². The van der Waals surface area contributed by atoms with Gasteiger partial charge < -0.3 is 10.2 Å². The molecule has 142 valence electrons. The molecule has 0 saturated carbocycles. The van der Waals surface area contributed by atoms with Crippen LogP contribution >= 0.6 is 0 Å². The Bertz CT molecular complexity index is 1010. The van der Waals surface area contributed by atoms with Crippen molar-refractivity contribution < 1.29 is 4.79 Å². The van der Waals surface area contributed by atoms with Crippen LogP contribution in [0.5, 0.6) is 0 Å². The Morgan fingerprint density at radius 1 is 1.11 bits per heavy atom. The topological polar surface area (TPSA) is 58.1 Å². The van der Waals surface area contributed by atoms with E-state index >= 15 is 0 Å². The van der Waals surface area contributed by atoms with Gasteiger partial charge in [-0.3, -0.25) is 4.79 Å². The Morgan fingerprint density at radius 3 is 2.68 bits per heavy atom. The summed E-state index contributed by atoms with van der Waals surface area (Å²) in [6, 6.07) is 18.0. The van der Waals surface area contributed by atoms with Crippen LogP contribution in [-0.2, 0) is 6.42 Å². The summed E-state index contributed by atoms with van der Waals surface area (Å²) < 4.78 is 0. The quantitative estimate of drug-likeness (QED) is 0.705. The molecule has 0 aliphatic carbocycles. The van der Waals surface area contributed by atoms with Crippen LogP contribution < -0.4 is 10.2 Å². The van der Waals surface area contributed by atoms with E-state index in [0.717, 1.165) is 23.4 Å². The van der Waals surface area contributed by atoms with Gasteiger partial charge in [-0.05, 0) is 48.6 Å². The minimum absolute atomic E-state index is 0.225. The van der Waals surface area contributed by atoms with Crippen molar-refractivity contribution in [2.24, 2.45) is 0 Å². The first-order valence-electron chi connectivity index (χ1n) is 9.65. The normalized spacial score (nSPS) is 15.6. The lowest BCUT2D eigenvalue weighted by molar-refractivity contribution is 0.102. The standard InChI is InChI=1S/C23H24N4O/c1-15(2)18-9-5-6-10-19(18)25-22(28)20-12-13-24-23(26-20)27-16(3)14-17-8-4-7-11-21(17)27/h4-13,15-16H,14H2,1-3H3,(H,25,28). The molecule has 1 amide bonds. The van der Waals surface area contributed by atoms with Gasteiger partial charge in [0, 0.05) is 23.6 Å². The number of nitrogens with one attached hydrogen (secondary N) is 1. The highest BCUT2D eigenvalue weighted by atomic mass is 16.1. The first-order valence-corrected chi connectivity index (χ1v) is 9.65. The number of amides is 1. The van der Waals surface area contributed by atoms with Crippen LogP contribution in [0.3, 0.4) is 0 Å². The van der Waals surface area contributed by atoms with Crippen LogP contribution in [0.1, 0.15) is 48.3 Å². The van der Waals surface area contributed by atoms with Crippen molar-refractivity contribution in [2.75, 3.05) is 10.2 Å². The van der Waals surface area contributed by atoms with Gasteiger partial charge in [-0.25, -0.2) is 9.97 Å². The molecular weight excluding hydrogens is 348 g/mol. The largest absolute Gasteiger partial charge is 0.320 e. The van der Waals surface area contributed by atoms with Crippen molar-refractivity contribution in [3.63, 3.8) is 0 Å². The lowest BCUT2D eigenvalue weighted by Gasteiger charge is -2.22. The highest BCUT2D eigenvalue weighted by Crippen LogP contribution is 2.36. The number of anilines is 3. The highest BCUT2D eigenvalue weighted by molar-refractivity contribution is 6.03. The van der Waals surface area contributed by atoms with Crippen molar-refractivity contribution in [1.29, 1.82) is 0 Å². The SMILES string of the molecule is CC(C)c1ccccc1NC(=O)c1ccnc(N2c3ccccc3CC2C)n1. The number of carbonyl (C=O) groups excluding carboxylic acids is 1. The Kier molecular flexibility index (Phi) is 4.82. The van der Waals surface area contributed by atoms with Gasteiger partial charge in [0.15, 0.2) is 0 Å². The summed E-state index contributed by atoms with van der Waals surface area (Å²) in [5, 5.41) is 3.01. The van der Waals surface area contributed by atoms with Gasteiger partial charge in [-0.2, -0.15) is 0 Å². The minimum Gasteiger partial charge on any atom is -0.320 e. The molecule has 1 aliphatic heterocycles. The second-order valence-corrected chi connectivity index (χ2v) is 7.49. The fourth-order valence-corrected chi connectivity index (χ4v) is 3.76. The van der Waals surface area contributed by atoms with Crippen molar-refractivity contribution in [3.8, 4) is 0 Å². The van der Waals surface area contributed by atoms with Gasteiger partial charge in [0.2, 0.25) is 5.95 Å². The summed E-state index contributed by atoms with van der Waals surface area (Å²) in [7, 11) is 0. The Morgan fingerprint density at radius 2 is 1.86 bits per heavy atom. The van der Waals surface area contributed by atoms with Gasteiger partial charge in [0.25, 0.3) is 5.91 Å². The van der Waals surface area contributed by atoms with E-state index in [1.165, 1.54) is 5.56 Å². The zero-order valence-electron chi connectivity index (χ0n) is 16.4. The molecule has 1 unspecified atom stereocenters. The van der Waals surface area contributed by atoms with E-state index in [-0.39, 0.29) is 11.9 Å². The van der Waals surface area contributed by atoms with E-state index in [0.29, 0.717) is 17.6 Å². The van der Waals surface area contributed by atoms with Crippen LogP contribution in [0, 0.1) is 0 Å². The van der Waals surface area contributed by atoms with Gasteiger partial charge >= 0.3 is 0 Å². The molecule has 1 N–H and O–H groups in total. The Labute approximate surface area is 165 Å². The molecule has 0 radical (unpaired) electrons. The molecule has 5 heteroatoms. The molecule has 1 aromatic heterocycles. The molecule has 1 atom stereocenters. The summed E-state index contributed by atoms with van der Waals surface area (Å²) in [5.74, 6) is 0.651. The number of carbonyl (C=O) groups is 1. The molecule has 2 aromatic carbocycles. The monoisotopic (exact) mass is 372 g/mol. The second-order valence-electron chi connectivity index (χ2n) is 7.49. The number of benzene rings is 2. The van der Waals surface area contributed by atoms with Gasteiger partial charge in [0.1, 0.15) is 5.69 Å². The summed E-state index contributed by atoms with van der Waals surface area (Å²) in [6.45, 7) is 6.37. The van der Waals surface area contributed by atoms with E-state index < -0.39 is 0 Å². The van der Waals surface area contributed by atoms with Crippen LogP contribution in [0.25, 0.3) is 0 Å². The number of fused-ring (bicyclic) bond motifs is 1. The lowest BCUT2D eigenvalue weighted by Crippen LogP contribution is -2.27. The fourth-order valence-electron chi connectivity index (χ4n) is 3.76. The third-order valence-electron chi connectivity index (χ3n) is 5.13. The van der Waals surface area contributed by atoms with E-state index in [1.54, 1.807) is 12.3 Å². The van der Waals surface area contributed by atoms with Crippen LogP contribution in [0.4, 0.5) is 17.3 Å². The average molecular weight is 372 g/mol. The molecule has 1 aliphatic rings. The summed E-state index contributed by atoms with van der Waals surface area (Å²) in [6.07, 6.45) is 2.59. The van der Waals surface area contributed by atoms with E-state index in [4.69, 9.17) is 0 Å². The fraction of sp³-hybridized carbons (Fsp3) is 0.261. The molecule has 0 spiro atoms. The number of para-hydroxylation sites is 2. The summed E-state index contributed by atoms with van der Waals surface area (Å²) in [4.78, 5) is 24.0. The smallest absolute Gasteiger partial charge is 0.274 e. The number of hydrogen-bond acceptors (Lipinski definition) is 4. The predicted molar refractivity (Wildman–Crippen MR) is 112 cm³/mol. The predicted octanol–water partition coefficient (Wildman–Crippen LogP) is 4.94. The van der Waals surface area contributed by atoms with Gasteiger partial charge in [-0.1, -0.05) is 50.2 Å². The second kappa shape index (κ2) is 7.43. The average Bonchev–Trinajstić information content (AvgIpc) is 3.04. The first kappa shape index (κ1) is 18.2. The van der Waals surface area contributed by atoms with E-state index in [2.05, 4.69) is 53.1 Å². The molecule has 0 saturated heterocycles. The van der Waals surface area contributed by atoms with Crippen LogP contribution in [0.2, 0.25) is 0 Å². The molecule has 0 fully saturated rings. The van der Waals surface area contributed by atoms with E-state index in [1.807, 2.05) is 36.4 Å². The zero-order valence-corrected chi connectivity index (χ0v) is 16.4.